The van der Waals surface area contributed by atoms with E-state index in [2.05, 4.69) is 0 Å². The second-order valence-corrected chi connectivity index (χ2v) is 6.86. The van der Waals surface area contributed by atoms with Gasteiger partial charge in [-0.25, -0.2) is 0 Å². The molecular formula is C21H26N2O5. The number of rotatable bonds is 6. The second-order valence-electron chi connectivity index (χ2n) is 6.86. The number of likely N-dealkylation sites (tertiary alicyclic amines) is 1. The summed E-state index contributed by atoms with van der Waals surface area (Å²) in [4.78, 5) is 29.2. The maximum absolute atomic E-state index is 13.1. The van der Waals surface area contributed by atoms with Crippen molar-refractivity contribution in [3.8, 4) is 11.5 Å². The highest BCUT2D eigenvalue weighted by molar-refractivity contribution is 5.92. The molecule has 28 heavy (non-hydrogen) atoms. The van der Waals surface area contributed by atoms with Crippen LogP contribution >= 0.6 is 0 Å². The van der Waals surface area contributed by atoms with E-state index in [9.17, 15) is 9.59 Å². The van der Waals surface area contributed by atoms with Crippen molar-refractivity contribution in [3.05, 3.63) is 47.9 Å². The van der Waals surface area contributed by atoms with Gasteiger partial charge in [-0.15, -0.1) is 0 Å². The monoisotopic (exact) mass is 386 g/mol. The minimum Gasteiger partial charge on any atom is -0.497 e. The summed E-state index contributed by atoms with van der Waals surface area (Å²) in [5, 5.41) is 0. The fourth-order valence-corrected chi connectivity index (χ4v) is 3.66. The summed E-state index contributed by atoms with van der Waals surface area (Å²) < 4.78 is 16.2. The first-order chi connectivity index (χ1) is 13.5. The Kier molecular flexibility index (Phi) is 5.92. The van der Waals surface area contributed by atoms with Crippen molar-refractivity contribution in [2.45, 2.75) is 12.8 Å². The minimum atomic E-state index is -0.370. The zero-order valence-electron chi connectivity index (χ0n) is 16.7. The molecule has 1 aliphatic rings. The van der Waals surface area contributed by atoms with Crippen LogP contribution < -0.4 is 9.47 Å². The highest BCUT2D eigenvalue weighted by atomic mass is 16.5. The summed E-state index contributed by atoms with van der Waals surface area (Å²) in [7, 11) is 4.97. The van der Waals surface area contributed by atoms with Crippen LogP contribution in [0, 0.1) is 5.92 Å². The zero-order chi connectivity index (χ0) is 20.3. The molecule has 2 atom stereocenters. The zero-order valence-corrected chi connectivity index (χ0v) is 16.7. The first-order valence-electron chi connectivity index (χ1n) is 9.29. The van der Waals surface area contributed by atoms with Crippen molar-refractivity contribution in [1.82, 2.24) is 9.80 Å². The quantitative estimate of drug-likeness (QED) is 0.763. The third-order valence-electron chi connectivity index (χ3n) is 5.34. The number of nitrogens with zero attached hydrogens (tertiary/aromatic N) is 2. The van der Waals surface area contributed by atoms with Crippen LogP contribution in [0.15, 0.2) is 41.0 Å². The van der Waals surface area contributed by atoms with Crippen LogP contribution in [0.4, 0.5) is 0 Å². The molecule has 0 spiro atoms. The fraction of sp³-hybridized carbons (Fsp3) is 0.429. The molecule has 0 saturated carbocycles. The fourth-order valence-electron chi connectivity index (χ4n) is 3.66. The van der Waals surface area contributed by atoms with Gasteiger partial charge in [0.25, 0.3) is 5.91 Å². The Morgan fingerprint density at radius 3 is 2.61 bits per heavy atom. The number of methoxy groups -OCH3 is 2. The SMILES string of the molecule is CCN(C)C(=O)C1CN(C(=O)c2ccco2)CC1c1cc(OC)ccc1OC. The summed E-state index contributed by atoms with van der Waals surface area (Å²) in [6, 6.07) is 8.85. The van der Waals surface area contributed by atoms with Crippen molar-refractivity contribution >= 4 is 11.8 Å². The van der Waals surface area contributed by atoms with Gasteiger partial charge in [0.15, 0.2) is 5.76 Å². The van der Waals surface area contributed by atoms with Crippen molar-refractivity contribution < 1.29 is 23.5 Å². The van der Waals surface area contributed by atoms with Gasteiger partial charge in [0.1, 0.15) is 11.5 Å². The largest absolute Gasteiger partial charge is 0.497 e. The van der Waals surface area contributed by atoms with E-state index in [4.69, 9.17) is 13.9 Å². The minimum absolute atomic E-state index is 0.00659. The van der Waals surface area contributed by atoms with E-state index in [1.807, 2.05) is 25.1 Å². The van der Waals surface area contributed by atoms with Crippen LogP contribution in [0.1, 0.15) is 29.0 Å². The van der Waals surface area contributed by atoms with Gasteiger partial charge in [0.2, 0.25) is 5.91 Å². The molecule has 0 N–H and O–H groups in total. The van der Waals surface area contributed by atoms with Crippen LogP contribution in [0.2, 0.25) is 0 Å². The van der Waals surface area contributed by atoms with Gasteiger partial charge in [0, 0.05) is 38.2 Å². The summed E-state index contributed by atoms with van der Waals surface area (Å²) >= 11 is 0. The normalized spacial score (nSPS) is 18.8. The van der Waals surface area contributed by atoms with Crippen LogP contribution in [0.25, 0.3) is 0 Å². The topological polar surface area (TPSA) is 72.2 Å². The number of furan rings is 1. The Hall–Kier alpha value is -2.96. The van der Waals surface area contributed by atoms with Crippen LogP contribution in [0.5, 0.6) is 11.5 Å². The van der Waals surface area contributed by atoms with E-state index < -0.39 is 0 Å². The average Bonchev–Trinajstić information content (AvgIpc) is 3.41. The summed E-state index contributed by atoms with van der Waals surface area (Å²) in [6.07, 6.45) is 1.47. The van der Waals surface area contributed by atoms with E-state index in [1.165, 1.54) is 6.26 Å². The Bertz CT molecular complexity index is 833. The predicted octanol–water partition coefficient (Wildman–Crippen LogP) is 2.63. The lowest BCUT2D eigenvalue weighted by Gasteiger charge is -2.24. The molecule has 1 saturated heterocycles. The Morgan fingerprint density at radius 2 is 2.00 bits per heavy atom. The molecule has 2 aromatic rings. The molecule has 3 rings (SSSR count). The molecule has 150 valence electrons. The molecule has 0 bridgehead atoms. The van der Waals surface area contributed by atoms with Crippen LogP contribution in [-0.4, -0.2) is 62.5 Å². The standard InChI is InChI=1S/C21H26N2O5/c1-5-22(2)20(24)17-13-23(21(25)19-7-6-10-28-19)12-16(17)15-11-14(26-3)8-9-18(15)27-4/h6-11,16-17H,5,12-13H2,1-4H3. The Morgan fingerprint density at radius 1 is 1.21 bits per heavy atom. The molecule has 2 unspecified atom stereocenters. The lowest BCUT2D eigenvalue weighted by atomic mass is 9.87. The summed E-state index contributed by atoms with van der Waals surface area (Å²) in [6.45, 7) is 3.26. The maximum atomic E-state index is 13.1. The number of carbonyl (C=O) groups is 2. The number of benzene rings is 1. The molecule has 1 fully saturated rings. The number of amides is 2. The van der Waals surface area contributed by atoms with Crippen molar-refractivity contribution in [2.75, 3.05) is 40.9 Å². The maximum Gasteiger partial charge on any atom is 0.289 e. The van der Waals surface area contributed by atoms with Gasteiger partial charge < -0.3 is 23.7 Å². The van der Waals surface area contributed by atoms with E-state index in [1.54, 1.807) is 43.2 Å². The molecule has 2 amide bonds. The number of carbonyl (C=O) groups excluding carboxylic acids is 2. The van der Waals surface area contributed by atoms with Gasteiger partial charge in [-0.1, -0.05) is 0 Å². The lowest BCUT2D eigenvalue weighted by molar-refractivity contribution is -0.133. The lowest BCUT2D eigenvalue weighted by Crippen LogP contribution is -2.36. The highest BCUT2D eigenvalue weighted by Crippen LogP contribution is 2.40. The molecule has 7 nitrogen and oxygen atoms in total. The Labute approximate surface area is 164 Å². The van der Waals surface area contributed by atoms with E-state index >= 15 is 0 Å². The molecule has 2 heterocycles. The third-order valence-corrected chi connectivity index (χ3v) is 5.34. The summed E-state index contributed by atoms with van der Waals surface area (Å²) in [5.74, 6) is 0.846. The van der Waals surface area contributed by atoms with Crippen molar-refractivity contribution in [1.29, 1.82) is 0 Å². The molecule has 1 aromatic heterocycles. The van der Waals surface area contributed by atoms with Crippen molar-refractivity contribution in [2.24, 2.45) is 5.92 Å². The Balaban J connectivity index is 1.98. The van der Waals surface area contributed by atoms with Gasteiger partial charge in [-0.2, -0.15) is 0 Å². The number of hydrogen-bond acceptors (Lipinski definition) is 5. The molecular weight excluding hydrogens is 360 g/mol. The van der Waals surface area contributed by atoms with E-state index in [0.717, 1.165) is 5.56 Å². The smallest absolute Gasteiger partial charge is 0.289 e. The molecule has 1 aliphatic heterocycles. The van der Waals surface area contributed by atoms with Crippen LogP contribution in [0.3, 0.4) is 0 Å². The van der Waals surface area contributed by atoms with Gasteiger partial charge in [-0.05, 0) is 37.3 Å². The van der Waals surface area contributed by atoms with Crippen molar-refractivity contribution in [3.63, 3.8) is 0 Å². The van der Waals surface area contributed by atoms with Gasteiger partial charge >= 0.3 is 0 Å². The average molecular weight is 386 g/mol. The first-order valence-corrected chi connectivity index (χ1v) is 9.29. The second kappa shape index (κ2) is 8.37. The molecule has 0 radical (unpaired) electrons. The molecule has 7 heteroatoms. The summed E-state index contributed by atoms with van der Waals surface area (Å²) in [5.41, 5.74) is 0.861. The van der Waals surface area contributed by atoms with Gasteiger partial charge in [0.05, 0.1) is 26.4 Å². The predicted molar refractivity (Wildman–Crippen MR) is 104 cm³/mol. The molecule has 1 aromatic carbocycles. The number of ether oxygens (including phenoxy) is 2. The van der Waals surface area contributed by atoms with Crippen LogP contribution in [-0.2, 0) is 4.79 Å². The highest BCUT2D eigenvalue weighted by Gasteiger charge is 2.43. The molecule has 0 aliphatic carbocycles. The van der Waals surface area contributed by atoms with E-state index in [0.29, 0.717) is 31.1 Å². The van der Waals surface area contributed by atoms with E-state index in [-0.39, 0.29) is 29.4 Å². The first kappa shape index (κ1) is 19.8. The number of hydrogen-bond donors (Lipinski definition) is 0. The third kappa shape index (κ3) is 3.69. The van der Waals surface area contributed by atoms with Gasteiger partial charge in [-0.3, -0.25) is 9.59 Å².